The molecule has 1 saturated heterocycles. The fourth-order valence-corrected chi connectivity index (χ4v) is 10.3. The number of carbonyl (C=O) groups excluding carboxylic acids is 5. The molecule has 356 valence electrons. The number of fused-ring (bicyclic) bond motifs is 2. The zero-order chi connectivity index (χ0) is 48.5. The van der Waals surface area contributed by atoms with Gasteiger partial charge in [0.2, 0.25) is 23.4 Å². The van der Waals surface area contributed by atoms with Gasteiger partial charge in [-0.3, -0.25) is 38.0 Å². The lowest BCUT2D eigenvalue weighted by Crippen LogP contribution is -2.50. The third kappa shape index (κ3) is 10.6. The van der Waals surface area contributed by atoms with Crippen LogP contribution in [0.5, 0.6) is 0 Å². The molecule has 0 radical (unpaired) electrons. The maximum atomic E-state index is 14.6. The number of hydrogen-bond acceptors (Lipinski definition) is 12. The van der Waals surface area contributed by atoms with Gasteiger partial charge < -0.3 is 20.4 Å². The lowest BCUT2D eigenvalue weighted by Gasteiger charge is -2.32. The molecule has 2 aromatic carbocycles. The molecule has 3 heterocycles. The molecule has 0 spiro atoms. The van der Waals surface area contributed by atoms with Crippen LogP contribution in [0.4, 0.5) is 11.4 Å². The molecule has 4 aliphatic rings. The van der Waals surface area contributed by atoms with Crippen LogP contribution >= 0.6 is 0 Å². The quantitative estimate of drug-likeness (QED) is 0.0457. The smallest absolute Gasteiger partial charge is 0.294 e. The minimum absolute atomic E-state index is 0.0189. The number of imide groups is 1. The van der Waals surface area contributed by atoms with E-state index in [1.165, 1.54) is 12.1 Å². The first-order chi connectivity index (χ1) is 30.9. The largest absolute Gasteiger partial charge is 0.372 e. The molecule has 6 rings (SSSR count). The second kappa shape index (κ2) is 19.5. The predicted octanol–water partition coefficient (Wildman–Crippen LogP) is 3.97. The molecule has 1 aliphatic carbocycles. The van der Waals surface area contributed by atoms with Crippen LogP contribution in [0.25, 0.3) is 0 Å². The van der Waals surface area contributed by atoms with Crippen molar-refractivity contribution in [3.05, 3.63) is 88.3 Å². The van der Waals surface area contributed by atoms with E-state index in [1.54, 1.807) is 29.8 Å². The lowest BCUT2D eigenvalue weighted by molar-refractivity contribution is -0.401. The average Bonchev–Trinajstić information content (AvgIpc) is 3.75. The molecule has 1 fully saturated rings. The SMILES string of the molecule is CCN(C)CCCCN1/C(=C/C2=C(NC(CS(=O)(=O)O)C(=O)NCCCCC(=O)CN3C(=O)CCC3=O)C(=C/C3=[N+](C)c4ccc(S(=O)(=O)O)cc4C3(C)C)/C2=O)C(C)(C)c2ccccc21. The molecule has 17 nitrogen and oxygen atoms in total. The molecule has 3 amide bonds. The standard InChI is InChI=1S/C47H60N6O11S2/c1-8-50(6)23-13-14-24-52-38-17-10-9-16-34(38)46(2,3)40(52)27-33-43(32(44(33)57)26-39-47(4,5)35-25-31(66(62,63)64)18-19-37(35)51(39)7)49-36(29-65(59,60)61)45(58)48-22-12-11-15-30(54)28-53-41(55)20-21-42(53)56/h9-10,16-19,25-27,36H,8,11-15,20-24,28-29H2,1-7H3,(H3-,48,49,57,58,59,60,61,62,63,64)/p+1. The molecule has 1 unspecified atom stereocenters. The number of para-hydroxylation sites is 1. The van der Waals surface area contributed by atoms with Crippen molar-refractivity contribution >= 4 is 66.6 Å². The van der Waals surface area contributed by atoms with Crippen LogP contribution in [0.1, 0.15) is 90.7 Å². The number of nitrogens with one attached hydrogen (secondary N) is 2. The van der Waals surface area contributed by atoms with Gasteiger partial charge in [0.1, 0.15) is 18.8 Å². The summed E-state index contributed by atoms with van der Waals surface area (Å²) in [7, 11) is -5.52. The van der Waals surface area contributed by atoms with Crippen molar-refractivity contribution in [1.82, 2.24) is 20.4 Å². The van der Waals surface area contributed by atoms with E-state index in [2.05, 4.69) is 48.3 Å². The van der Waals surface area contributed by atoms with Gasteiger partial charge in [-0.1, -0.05) is 39.0 Å². The molecule has 0 saturated carbocycles. The van der Waals surface area contributed by atoms with Gasteiger partial charge in [-0.25, -0.2) is 0 Å². The number of likely N-dealkylation sites (tertiary alicyclic amines) is 1. The fourth-order valence-electron chi connectivity index (χ4n) is 9.15. The van der Waals surface area contributed by atoms with Gasteiger partial charge >= 0.3 is 0 Å². The lowest BCUT2D eigenvalue weighted by atomic mass is 9.76. The third-order valence-corrected chi connectivity index (χ3v) is 14.7. The zero-order valence-electron chi connectivity index (χ0n) is 38.6. The number of allylic oxidation sites excluding steroid dienone is 5. The second-order valence-electron chi connectivity index (χ2n) is 18.4. The van der Waals surface area contributed by atoms with E-state index >= 15 is 0 Å². The minimum atomic E-state index is -4.79. The molecule has 4 N–H and O–H groups in total. The molecule has 0 bridgehead atoms. The van der Waals surface area contributed by atoms with Crippen molar-refractivity contribution < 1.29 is 54.5 Å². The van der Waals surface area contributed by atoms with Crippen molar-refractivity contribution in [2.75, 3.05) is 57.5 Å². The van der Waals surface area contributed by atoms with Crippen molar-refractivity contribution in [2.45, 2.75) is 101 Å². The summed E-state index contributed by atoms with van der Waals surface area (Å²) in [6, 6.07) is 10.6. The molecule has 66 heavy (non-hydrogen) atoms. The fraction of sp³-hybridized carbons (Fsp3) is 0.489. The van der Waals surface area contributed by atoms with Gasteiger partial charge in [-0.2, -0.15) is 21.4 Å². The van der Waals surface area contributed by atoms with Crippen LogP contribution in [0, 0.1) is 0 Å². The Kier molecular flexibility index (Phi) is 14.8. The molecule has 3 aliphatic heterocycles. The third-order valence-electron chi connectivity index (χ3n) is 13.1. The summed E-state index contributed by atoms with van der Waals surface area (Å²) < 4.78 is 71.1. The molecule has 0 aromatic heterocycles. The Hall–Kier alpha value is -5.34. The Balaban J connectivity index is 1.35. The summed E-state index contributed by atoms with van der Waals surface area (Å²) in [5.74, 6) is -3.35. The number of nitrogens with zero attached hydrogens (tertiary/aromatic N) is 4. The number of anilines is 1. The first kappa shape index (κ1) is 50.1. The summed E-state index contributed by atoms with van der Waals surface area (Å²) in [6.07, 6.45) is 5.96. The van der Waals surface area contributed by atoms with Gasteiger partial charge in [-0.05, 0) is 89.5 Å². The highest BCUT2D eigenvalue weighted by Crippen LogP contribution is 2.49. The Labute approximate surface area is 387 Å². The van der Waals surface area contributed by atoms with Crippen molar-refractivity contribution in [3.63, 3.8) is 0 Å². The number of amides is 3. The van der Waals surface area contributed by atoms with E-state index in [4.69, 9.17) is 0 Å². The summed E-state index contributed by atoms with van der Waals surface area (Å²) in [5, 5.41) is 5.71. The molecular weight excluding hydrogens is 889 g/mol. The van der Waals surface area contributed by atoms with Gasteiger partial charge in [-0.15, -0.1) is 0 Å². The van der Waals surface area contributed by atoms with Gasteiger partial charge in [0.15, 0.2) is 17.3 Å². The van der Waals surface area contributed by atoms with E-state index in [9.17, 15) is 49.9 Å². The van der Waals surface area contributed by atoms with Crippen LogP contribution in [-0.2, 0) is 55.0 Å². The van der Waals surface area contributed by atoms with Crippen LogP contribution in [-0.4, -0.2) is 134 Å². The van der Waals surface area contributed by atoms with E-state index in [0.717, 1.165) is 47.8 Å². The average molecular weight is 950 g/mol. The van der Waals surface area contributed by atoms with Crippen LogP contribution in [0.3, 0.4) is 0 Å². The van der Waals surface area contributed by atoms with E-state index in [1.807, 2.05) is 38.1 Å². The van der Waals surface area contributed by atoms with Crippen molar-refractivity contribution in [2.24, 2.45) is 0 Å². The van der Waals surface area contributed by atoms with Gasteiger partial charge in [0.05, 0.1) is 28.1 Å². The Morgan fingerprint density at radius 1 is 0.894 bits per heavy atom. The highest BCUT2D eigenvalue weighted by Gasteiger charge is 2.47. The number of carbonyl (C=O) groups is 5. The predicted molar refractivity (Wildman–Crippen MR) is 249 cm³/mol. The minimum Gasteiger partial charge on any atom is -0.372 e. The normalized spacial score (nSPS) is 19.6. The highest BCUT2D eigenvalue weighted by molar-refractivity contribution is 7.86. The van der Waals surface area contributed by atoms with E-state index in [0.29, 0.717) is 36.3 Å². The summed E-state index contributed by atoms with van der Waals surface area (Å²) in [6.45, 7) is 12.1. The Bertz CT molecular complexity index is 2680. The summed E-state index contributed by atoms with van der Waals surface area (Å²) in [4.78, 5) is 70.0. The number of ketones is 2. The molecule has 1 atom stereocenters. The number of rotatable bonds is 21. The Morgan fingerprint density at radius 2 is 1.58 bits per heavy atom. The summed E-state index contributed by atoms with van der Waals surface area (Å²) >= 11 is 0. The van der Waals surface area contributed by atoms with Crippen LogP contribution in [0.15, 0.2) is 82.1 Å². The second-order valence-corrected chi connectivity index (χ2v) is 21.4. The van der Waals surface area contributed by atoms with Crippen LogP contribution < -0.4 is 15.5 Å². The molecule has 2 aromatic rings. The molecule has 19 heteroatoms. The van der Waals surface area contributed by atoms with E-state index in [-0.39, 0.29) is 59.9 Å². The molecular formula is C47H61N6O11S2+. The maximum absolute atomic E-state index is 14.6. The number of unbranched alkanes of at least 4 members (excludes halogenated alkanes) is 2. The number of benzene rings is 2. The topological polar surface area (TPSA) is 231 Å². The zero-order valence-corrected chi connectivity index (χ0v) is 40.3. The maximum Gasteiger partial charge on any atom is 0.294 e. The Morgan fingerprint density at radius 3 is 2.23 bits per heavy atom. The first-order valence-corrected chi connectivity index (χ1v) is 25.3. The van der Waals surface area contributed by atoms with E-state index < -0.39 is 66.4 Å². The highest BCUT2D eigenvalue weighted by atomic mass is 32.2. The summed E-state index contributed by atoms with van der Waals surface area (Å²) in [5.41, 5.74) is 3.57. The van der Waals surface area contributed by atoms with Gasteiger partial charge in [0.25, 0.3) is 20.2 Å². The monoisotopic (exact) mass is 949 g/mol. The number of hydrogen-bond donors (Lipinski definition) is 4. The van der Waals surface area contributed by atoms with Crippen molar-refractivity contribution in [1.29, 1.82) is 0 Å². The van der Waals surface area contributed by atoms with Crippen LogP contribution in [0.2, 0.25) is 0 Å². The van der Waals surface area contributed by atoms with Crippen molar-refractivity contribution in [3.8, 4) is 0 Å². The first-order valence-electron chi connectivity index (χ1n) is 22.2. The number of Topliss-reactive ketones (excluding diaryl/α,β-unsaturated/α-hetero) is 2. The van der Waals surface area contributed by atoms with Gasteiger partial charge in [0, 0.05) is 72.4 Å².